The summed E-state index contributed by atoms with van der Waals surface area (Å²) in [6.07, 6.45) is 0. The molecule has 1 aromatic rings. The predicted octanol–water partition coefficient (Wildman–Crippen LogP) is 0.726. The van der Waals surface area contributed by atoms with Crippen molar-refractivity contribution in [3.63, 3.8) is 0 Å². The minimum absolute atomic E-state index is 0.387. The predicted molar refractivity (Wildman–Crippen MR) is 36.0 cm³/mol. The SMILES string of the molecule is CC(C(=O)O)c1ncsn1. The quantitative estimate of drug-likeness (QED) is 0.689. The number of aliphatic carboxylic acids is 1. The maximum absolute atomic E-state index is 10.3. The molecule has 4 nitrogen and oxygen atoms in total. The molecule has 0 aliphatic rings. The Kier molecular flexibility index (Phi) is 1.96. The van der Waals surface area contributed by atoms with Crippen molar-refractivity contribution < 1.29 is 9.90 Å². The minimum Gasteiger partial charge on any atom is -0.481 e. The second-order valence-electron chi connectivity index (χ2n) is 1.85. The zero-order chi connectivity index (χ0) is 7.56. The van der Waals surface area contributed by atoms with E-state index in [-0.39, 0.29) is 0 Å². The van der Waals surface area contributed by atoms with E-state index in [2.05, 4.69) is 9.36 Å². The average molecular weight is 158 g/mol. The summed E-state index contributed by atoms with van der Waals surface area (Å²) in [5, 5.41) is 8.48. The van der Waals surface area contributed by atoms with Crippen molar-refractivity contribution in [2.24, 2.45) is 0 Å². The summed E-state index contributed by atoms with van der Waals surface area (Å²) >= 11 is 1.16. The highest BCUT2D eigenvalue weighted by Gasteiger charge is 2.16. The van der Waals surface area contributed by atoms with Crippen molar-refractivity contribution in [3.8, 4) is 0 Å². The lowest BCUT2D eigenvalue weighted by molar-refractivity contribution is -0.138. The molecule has 0 fully saturated rings. The van der Waals surface area contributed by atoms with Crippen LogP contribution in [-0.4, -0.2) is 20.4 Å². The van der Waals surface area contributed by atoms with Crippen molar-refractivity contribution in [2.75, 3.05) is 0 Å². The third kappa shape index (κ3) is 1.30. The third-order valence-corrected chi connectivity index (χ3v) is 1.63. The van der Waals surface area contributed by atoms with Crippen LogP contribution in [0.25, 0.3) is 0 Å². The summed E-state index contributed by atoms with van der Waals surface area (Å²) in [7, 11) is 0. The minimum atomic E-state index is -0.890. The van der Waals surface area contributed by atoms with E-state index in [9.17, 15) is 4.79 Å². The first-order valence-corrected chi connectivity index (χ1v) is 3.54. The number of carboxylic acids is 1. The molecule has 0 bridgehead atoms. The molecule has 0 aliphatic heterocycles. The monoisotopic (exact) mass is 158 g/mol. The summed E-state index contributed by atoms with van der Waals surface area (Å²) in [4.78, 5) is 14.1. The zero-order valence-corrected chi connectivity index (χ0v) is 6.13. The molecule has 0 aromatic carbocycles. The molecule has 0 aliphatic carbocycles. The number of carbonyl (C=O) groups is 1. The number of rotatable bonds is 2. The first-order valence-electron chi connectivity index (χ1n) is 2.71. The van der Waals surface area contributed by atoms with E-state index in [0.717, 1.165) is 11.5 Å². The number of hydrogen-bond donors (Lipinski definition) is 1. The number of hydrogen-bond acceptors (Lipinski definition) is 4. The Morgan fingerprint density at radius 2 is 2.60 bits per heavy atom. The van der Waals surface area contributed by atoms with Gasteiger partial charge in [-0.25, -0.2) is 4.98 Å². The van der Waals surface area contributed by atoms with Gasteiger partial charge < -0.3 is 5.11 Å². The fraction of sp³-hybridized carbons (Fsp3) is 0.400. The maximum atomic E-state index is 10.3. The first kappa shape index (κ1) is 7.14. The summed E-state index contributed by atoms with van der Waals surface area (Å²) in [6, 6.07) is 0. The normalized spacial score (nSPS) is 12.9. The van der Waals surface area contributed by atoms with Crippen LogP contribution in [0.2, 0.25) is 0 Å². The Morgan fingerprint density at radius 1 is 1.90 bits per heavy atom. The Morgan fingerprint density at radius 3 is 3.00 bits per heavy atom. The fourth-order valence-corrected chi connectivity index (χ4v) is 0.996. The molecule has 1 heterocycles. The number of aromatic nitrogens is 2. The van der Waals surface area contributed by atoms with Crippen LogP contribution >= 0.6 is 11.5 Å². The maximum Gasteiger partial charge on any atom is 0.314 e. The van der Waals surface area contributed by atoms with Crippen molar-refractivity contribution in [1.82, 2.24) is 9.36 Å². The Balaban J connectivity index is 2.77. The van der Waals surface area contributed by atoms with Crippen LogP contribution in [0.1, 0.15) is 18.7 Å². The third-order valence-electron chi connectivity index (χ3n) is 1.14. The fourth-order valence-electron chi connectivity index (χ4n) is 0.480. The molecule has 0 saturated carbocycles. The Labute approximate surface area is 61.7 Å². The second-order valence-corrected chi connectivity index (χ2v) is 2.45. The summed E-state index contributed by atoms with van der Waals surface area (Å²) in [5.74, 6) is -1.10. The lowest BCUT2D eigenvalue weighted by Gasteiger charge is -1.97. The van der Waals surface area contributed by atoms with Crippen molar-refractivity contribution >= 4 is 17.5 Å². The lowest BCUT2D eigenvalue weighted by atomic mass is 10.2. The summed E-state index contributed by atoms with van der Waals surface area (Å²) in [6.45, 7) is 1.56. The van der Waals surface area contributed by atoms with Gasteiger partial charge in [-0.1, -0.05) is 0 Å². The van der Waals surface area contributed by atoms with Crippen LogP contribution in [0, 0.1) is 0 Å². The highest BCUT2D eigenvalue weighted by atomic mass is 32.1. The van der Waals surface area contributed by atoms with E-state index < -0.39 is 11.9 Å². The van der Waals surface area contributed by atoms with Crippen LogP contribution in [0.3, 0.4) is 0 Å². The first-order chi connectivity index (χ1) is 4.72. The van der Waals surface area contributed by atoms with E-state index in [0.29, 0.717) is 5.82 Å². The molecular weight excluding hydrogens is 152 g/mol. The van der Waals surface area contributed by atoms with E-state index in [1.165, 1.54) is 5.51 Å². The van der Waals surface area contributed by atoms with E-state index >= 15 is 0 Å². The Hall–Kier alpha value is -0.970. The lowest BCUT2D eigenvalue weighted by Crippen LogP contribution is -2.08. The molecule has 0 amide bonds. The van der Waals surface area contributed by atoms with Gasteiger partial charge in [-0.05, 0) is 18.5 Å². The second kappa shape index (κ2) is 2.74. The van der Waals surface area contributed by atoms with Gasteiger partial charge in [-0.2, -0.15) is 4.37 Å². The van der Waals surface area contributed by atoms with Gasteiger partial charge in [0.1, 0.15) is 11.4 Å². The Bertz CT molecular complexity index is 222. The van der Waals surface area contributed by atoms with Crippen LogP contribution < -0.4 is 0 Å². The van der Waals surface area contributed by atoms with E-state index in [1.54, 1.807) is 6.92 Å². The van der Waals surface area contributed by atoms with Gasteiger partial charge in [0.25, 0.3) is 0 Å². The number of carboxylic acid groups (broad SMARTS) is 1. The molecule has 0 saturated heterocycles. The summed E-state index contributed by atoms with van der Waals surface area (Å²) < 4.78 is 3.79. The molecular formula is C5H6N2O2S. The molecule has 0 spiro atoms. The molecule has 1 atom stereocenters. The molecule has 10 heavy (non-hydrogen) atoms. The summed E-state index contributed by atoms with van der Waals surface area (Å²) in [5.41, 5.74) is 1.52. The van der Waals surface area contributed by atoms with Crippen LogP contribution in [0.5, 0.6) is 0 Å². The standard InChI is InChI=1S/C5H6N2O2S/c1-3(5(8)9)4-6-2-10-7-4/h2-3H,1H3,(H,8,9). The van der Waals surface area contributed by atoms with E-state index in [1.807, 2.05) is 0 Å². The van der Waals surface area contributed by atoms with Gasteiger partial charge in [0.15, 0.2) is 5.82 Å². The molecule has 5 heteroatoms. The molecule has 54 valence electrons. The topological polar surface area (TPSA) is 63.1 Å². The molecule has 0 radical (unpaired) electrons. The zero-order valence-electron chi connectivity index (χ0n) is 5.31. The van der Waals surface area contributed by atoms with Gasteiger partial charge >= 0.3 is 5.97 Å². The van der Waals surface area contributed by atoms with Crippen molar-refractivity contribution in [3.05, 3.63) is 11.3 Å². The average Bonchev–Trinajstić information content (AvgIpc) is 2.36. The smallest absolute Gasteiger partial charge is 0.314 e. The van der Waals surface area contributed by atoms with Crippen LogP contribution in [0.15, 0.2) is 5.51 Å². The molecule has 1 unspecified atom stereocenters. The van der Waals surface area contributed by atoms with E-state index in [4.69, 9.17) is 5.11 Å². The van der Waals surface area contributed by atoms with Crippen LogP contribution in [0.4, 0.5) is 0 Å². The van der Waals surface area contributed by atoms with Gasteiger partial charge in [-0.15, -0.1) is 0 Å². The molecule has 1 aromatic heterocycles. The largest absolute Gasteiger partial charge is 0.481 e. The van der Waals surface area contributed by atoms with Gasteiger partial charge in [0.05, 0.1) is 0 Å². The van der Waals surface area contributed by atoms with Gasteiger partial charge in [0.2, 0.25) is 0 Å². The molecule has 1 rings (SSSR count). The van der Waals surface area contributed by atoms with Crippen LogP contribution in [-0.2, 0) is 4.79 Å². The van der Waals surface area contributed by atoms with Crippen molar-refractivity contribution in [2.45, 2.75) is 12.8 Å². The highest BCUT2D eigenvalue weighted by molar-refractivity contribution is 7.03. The van der Waals surface area contributed by atoms with Crippen molar-refractivity contribution in [1.29, 1.82) is 0 Å². The van der Waals surface area contributed by atoms with Gasteiger partial charge in [-0.3, -0.25) is 4.79 Å². The number of nitrogens with zero attached hydrogens (tertiary/aromatic N) is 2. The molecule has 1 N–H and O–H groups in total. The van der Waals surface area contributed by atoms with Gasteiger partial charge in [0, 0.05) is 0 Å². The highest BCUT2D eigenvalue weighted by Crippen LogP contribution is 2.10.